The number of benzene rings is 1. The first-order valence-electron chi connectivity index (χ1n) is 7.49. The summed E-state index contributed by atoms with van der Waals surface area (Å²) in [6.45, 7) is 2.01. The van der Waals surface area contributed by atoms with E-state index in [-0.39, 0.29) is 22.7 Å². The average Bonchev–Trinajstić information content (AvgIpc) is 2.49. The van der Waals surface area contributed by atoms with Crippen LogP contribution in [0.2, 0.25) is 5.02 Å². The maximum atomic E-state index is 13.1. The Labute approximate surface area is 136 Å². The lowest BCUT2D eigenvalue weighted by atomic mass is 9.86. The van der Waals surface area contributed by atoms with Gasteiger partial charge in [0.25, 0.3) is 0 Å². The first kappa shape index (κ1) is 17.5. The Hall–Kier alpha value is -0.850. The first-order valence-corrected chi connectivity index (χ1v) is 9.52. The first-order chi connectivity index (χ1) is 10.4. The Kier molecular flexibility index (Phi) is 6.06. The largest absolute Gasteiger partial charge is 0.493 e. The summed E-state index contributed by atoms with van der Waals surface area (Å²) >= 11 is 5.72. The molecule has 0 aliphatic heterocycles. The maximum Gasteiger partial charge on any atom is 0.211 e. The van der Waals surface area contributed by atoms with Crippen LogP contribution in [0.25, 0.3) is 0 Å². The SMILES string of the molecule is CCS(=O)(=O)N[C@H]1CCCC[C@@H]1COc1ccc(F)c(Cl)c1. The highest BCUT2D eigenvalue weighted by Crippen LogP contribution is 2.27. The predicted octanol–water partition coefficient (Wildman–Crippen LogP) is 3.36. The van der Waals surface area contributed by atoms with Crippen LogP contribution in [0.15, 0.2) is 18.2 Å². The Morgan fingerprint density at radius 1 is 1.36 bits per heavy atom. The van der Waals surface area contributed by atoms with Crippen LogP contribution < -0.4 is 9.46 Å². The van der Waals surface area contributed by atoms with Gasteiger partial charge < -0.3 is 4.74 Å². The van der Waals surface area contributed by atoms with Crippen molar-refractivity contribution < 1.29 is 17.5 Å². The summed E-state index contributed by atoms with van der Waals surface area (Å²) in [4.78, 5) is 0. The molecule has 0 unspecified atom stereocenters. The minimum Gasteiger partial charge on any atom is -0.493 e. The predicted molar refractivity (Wildman–Crippen MR) is 85.2 cm³/mol. The molecule has 1 saturated carbocycles. The molecule has 2 rings (SSSR count). The number of ether oxygens (including phenoxy) is 1. The molecule has 0 spiro atoms. The van der Waals surface area contributed by atoms with Crippen molar-refractivity contribution in [3.63, 3.8) is 0 Å². The average molecular weight is 350 g/mol. The summed E-state index contributed by atoms with van der Waals surface area (Å²) in [6, 6.07) is 4.12. The van der Waals surface area contributed by atoms with E-state index >= 15 is 0 Å². The topological polar surface area (TPSA) is 55.4 Å². The second kappa shape index (κ2) is 7.62. The second-order valence-corrected chi connectivity index (χ2v) is 8.01. The summed E-state index contributed by atoms with van der Waals surface area (Å²) in [6.07, 6.45) is 3.79. The van der Waals surface area contributed by atoms with Crippen molar-refractivity contribution in [1.82, 2.24) is 4.72 Å². The van der Waals surface area contributed by atoms with Crippen molar-refractivity contribution in [2.75, 3.05) is 12.4 Å². The van der Waals surface area contributed by atoms with Gasteiger partial charge in [0, 0.05) is 18.0 Å². The third-order valence-electron chi connectivity index (χ3n) is 3.98. The minimum absolute atomic E-state index is 0.0179. The van der Waals surface area contributed by atoms with Crippen LogP contribution >= 0.6 is 11.6 Å². The number of hydrogen-bond donors (Lipinski definition) is 1. The number of nitrogens with one attached hydrogen (secondary N) is 1. The third-order valence-corrected chi connectivity index (χ3v) is 5.69. The molecule has 124 valence electrons. The van der Waals surface area contributed by atoms with E-state index in [0.717, 1.165) is 25.7 Å². The molecular formula is C15H21ClFNO3S. The van der Waals surface area contributed by atoms with E-state index in [2.05, 4.69) is 4.72 Å². The molecule has 0 heterocycles. The summed E-state index contributed by atoms with van der Waals surface area (Å²) in [7, 11) is -3.22. The molecule has 0 radical (unpaired) electrons. The number of sulfonamides is 1. The van der Waals surface area contributed by atoms with Crippen LogP contribution in [0, 0.1) is 11.7 Å². The lowest BCUT2D eigenvalue weighted by Crippen LogP contribution is -2.44. The van der Waals surface area contributed by atoms with Crippen LogP contribution in [0.4, 0.5) is 4.39 Å². The smallest absolute Gasteiger partial charge is 0.211 e. The number of rotatable bonds is 6. The number of halogens is 2. The van der Waals surface area contributed by atoms with Crippen molar-refractivity contribution in [2.45, 2.75) is 38.6 Å². The lowest BCUT2D eigenvalue weighted by molar-refractivity contribution is 0.180. The monoisotopic (exact) mass is 349 g/mol. The van der Waals surface area contributed by atoms with E-state index < -0.39 is 15.8 Å². The molecule has 7 heteroatoms. The molecule has 0 aromatic heterocycles. The zero-order chi connectivity index (χ0) is 16.2. The maximum absolute atomic E-state index is 13.1. The van der Waals surface area contributed by atoms with Crippen molar-refractivity contribution in [3.05, 3.63) is 29.0 Å². The molecule has 0 bridgehead atoms. The van der Waals surface area contributed by atoms with Gasteiger partial charge in [-0.25, -0.2) is 17.5 Å². The quantitative estimate of drug-likeness (QED) is 0.856. The van der Waals surface area contributed by atoms with Gasteiger partial charge in [0.15, 0.2) is 0 Å². The zero-order valence-electron chi connectivity index (χ0n) is 12.5. The summed E-state index contributed by atoms with van der Waals surface area (Å²) in [5.41, 5.74) is 0. The molecule has 1 aromatic rings. The van der Waals surface area contributed by atoms with Crippen molar-refractivity contribution in [3.8, 4) is 5.75 Å². The van der Waals surface area contributed by atoms with Gasteiger partial charge >= 0.3 is 0 Å². The molecule has 1 aliphatic carbocycles. The summed E-state index contributed by atoms with van der Waals surface area (Å²) in [5, 5.41) is 0.0179. The van der Waals surface area contributed by atoms with Crippen LogP contribution in [0.5, 0.6) is 5.75 Å². The van der Waals surface area contributed by atoms with Gasteiger partial charge in [-0.3, -0.25) is 0 Å². The van der Waals surface area contributed by atoms with E-state index in [1.807, 2.05) is 0 Å². The van der Waals surface area contributed by atoms with E-state index in [1.165, 1.54) is 18.2 Å². The molecule has 1 fully saturated rings. The molecule has 1 N–H and O–H groups in total. The Balaban J connectivity index is 1.97. The lowest BCUT2D eigenvalue weighted by Gasteiger charge is -2.31. The van der Waals surface area contributed by atoms with Crippen LogP contribution in [0.3, 0.4) is 0 Å². The standard InChI is InChI=1S/C15H21ClFNO3S/c1-2-22(19,20)18-15-6-4-3-5-11(15)10-21-12-7-8-14(17)13(16)9-12/h7-9,11,15,18H,2-6,10H2,1H3/t11-,15+/m1/s1. The van der Waals surface area contributed by atoms with Crippen LogP contribution in [0.1, 0.15) is 32.6 Å². The van der Waals surface area contributed by atoms with Gasteiger partial charge in [-0.1, -0.05) is 24.4 Å². The molecule has 4 nitrogen and oxygen atoms in total. The molecule has 0 saturated heterocycles. The third kappa shape index (κ3) is 4.83. The van der Waals surface area contributed by atoms with Crippen molar-refractivity contribution in [2.24, 2.45) is 5.92 Å². The number of hydrogen-bond acceptors (Lipinski definition) is 3. The Morgan fingerprint density at radius 2 is 2.09 bits per heavy atom. The van der Waals surface area contributed by atoms with Crippen molar-refractivity contribution in [1.29, 1.82) is 0 Å². The van der Waals surface area contributed by atoms with Crippen molar-refractivity contribution >= 4 is 21.6 Å². The summed E-state index contributed by atoms with van der Waals surface area (Å²) < 4.78 is 45.1. The fourth-order valence-electron chi connectivity index (χ4n) is 2.65. The Morgan fingerprint density at radius 3 is 2.77 bits per heavy atom. The van der Waals surface area contributed by atoms with Gasteiger partial charge in [-0.05, 0) is 31.9 Å². The molecule has 2 atom stereocenters. The molecule has 0 amide bonds. The van der Waals surface area contributed by atoms with E-state index in [0.29, 0.717) is 12.4 Å². The highest BCUT2D eigenvalue weighted by molar-refractivity contribution is 7.89. The van der Waals surface area contributed by atoms with Gasteiger partial charge in [-0.2, -0.15) is 0 Å². The van der Waals surface area contributed by atoms with Crippen LogP contribution in [-0.2, 0) is 10.0 Å². The van der Waals surface area contributed by atoms with Crippen LogP contribution in [-0.4, -0.2) is 26.8 Å². The fourth-order valence-corrected chi connectivity index (χ4v) is 3.75. The molecular weight excluding hydrogens is 329 g/mol. The van der Waals surface area contributed by atoms with Gasteiger partial charge in [0.1, 0.15) is 11.6 Å². The van der Waals surface area contributed by atoms with E-state index in [1.54, 1.807) is 6.92 Å². The Bertz CT molecular complexity index is 609. The highest BCUT2D eigenvalue weighted by atomic mass is 35.5. The molecule has 1 aromatic carbocycles. The second-order valence-electron chi connectivity index (χ2n) is 5.56. The molecule has 1 aliphatic rings. The summed E-state index contributed by atoms with van der Waals surface area (Å²) in [5.74, 6) is 0.193. The highest BCUT2D eigenvalue weighted by Gasteiger charge is 2.28. The minimum atomic E-state index is -3.22. The normalized spacial score (nSPS) is 22.5. The van der Waals surface area contributed by atoms with E-state index in [9.17, 15) is 12.8 Å². The zero-order valence-corrected chi connectivity index (χ0v) is 14.1. The fraction of sp³-hybridized carbons (Fsp3) is 0.600. The van der Waals surface area contributed by atoms with Gasteiger partial charge in [0.05, 0.1) is 17.4 Å². The van der Waals surface area contributed by atoms with Gasteiger partial charge in [-0.15, -0.1) is 0 Å². The molecule has 22 heavy (non-hydrogen) atoms. The van der Waals surface area contributed by atoms with Gasteiger partial charge in [0.2, 0.25) is 10.0 Å². The van der Waals surface area contributed by atoms with E-state index in [4.69, 9.17) is 16.3 Å².